The molecule has 67 heavy (non-hydrogen) atoms. The van der Waals surface area contributed by atoms with E-state index in [1.165, 1.54) is 16.7 Å². The van der Waals surface area contributed by atoms with E-state index >= 15 is 0 Å². The van der Waals surface area contributed by atoms with E-state index in [9.17, 15) is 24.0 Å². The van der Waals surface area contributed by atoms with Crippen molar-refractivity contribution in [2.75, 3.05) is 31.8 Å². The molecular formula is C46H58ClN8O10S2+. The van der Waals surface area contributed by atoms with Crippen molar-refractivity contribution < 1.29 is 52.3 Å². The summed E-state index contributed by atoms with van der Waals surface area (Å²) in [6, 6.07) is 11.9. The number of β-lactam (4-membered cyclic amide) rings is 1. The quantitative estimate of drug-likeness (QED) is 0.0303. The highest BCUT2D eigenvalue weighted by atomic mass is 35.5. The highest BCUT2D eigenvalue weighted by Gasteiger charge is 2.55. The number of carbonyl (C=O) groups is 5. The molecule has 4 amide bonds. The zero-order chi connectivity index (χ0) is 49.0. The molecule has 1 fully saturated rings. The van der Waals surface area contributed by atoms with Crippen molar-refractivity contribution in [1.82, 2.24) is 24.7 Å². The summed E-state index contributed by atoms with van der Waals surface area (Å²) in [5.41, 5.74) is 0.656. The summed E-state index contributed by atoms with van der Waals surface area (Å²) in [4.78, 5) is 80.6. The Morgan fingerprint density at radius 1 is 0.985 bits per heavy atom. The number of pyridine rings is 1. The molecule has 6 rings (SSSR count). The molecule has 4 aromatic rings. The SMILES string of the molecule is COc1ccc(COC(=O)C2=C(C[n+]3cccc4c3ccn4CCCN(C)C(=O)OC(C)(C)C)CSC3C(NC(=O)/C(=N\OC(C)(C)C)c4nc(NC(=O)OC(C)(C)C)sc4Cl)C(=O)N23)cc1. The number of aromatic nitrogens is 3. The molecule has 1 aromatic carbocycles. The summed E-state index contributed by atoms with van der Waals surface area (Å²) in [5, 5.41) is 8.78. The van der Waals surface area contributed by atoms with Gasteiger partial charge in [-0.1, -0.05) is 40.2 Å². The summed E-state index contributed by atoms with van der Waals surface area (Å²) < 4.78 is 26.1. The van der Waals surface area contributed by atoms with Crippen molar-refractivity contribution in [2.45, 2.75) is 117 Å². The normalized spacial score (nSPS) is 16.5. The van der Waals surface area contributed by atoms with Crippen molar-refractivity contribution in [3.05, 3.63) is 81.7 Å². The molecule has 1 saturated heterocycles. The molecule has 0 radical (unpaired) electrons. The maximum absolute atomic E-state index is 14.3. The third-order valence-electron chi connectivity index (χ3n) is 9.87. The number of methoxy groups -OCH3 is 1. The topological polar surface area (TPSA) is 196 Å². The Balaban J connectivity index is 1.24. The number of esters is 1. The van der Waals surface area contributed by atoms with Gasteiger partial charge in [0, 0.05) is 49.8 Å². The van der Waals surface area contributed by atoms with Crippen LogP contribution in [0.1, 0.15) is 80.0 Å². The van der Waals surface area contributed by atoms with Crippen LogP contribution in [-0.4, -0.2) is 110 Å². The van der Waals surface area contributed by atoms with Gasteiger partial charge in [0.2, 0.25) is 5.52 Å². The van der Waals surface area contributed by atoms with Gasteiger partial charge in [0.05, 0.1) is 7.11 Å². The zero-order valence-corrected chi connectivity index (χ0v) is 41.9. The van der Waals surface area contributed by atoms with Crippen molar-refractivity contribution in [1.29, 1.82) is 0 Å². The Morgan fingerprint density at radius 2 is 1.69 bits per heavy atom. The minimum atomic E-state index is -1.08. The number of halogens is 1. The first-order chi connectivity index (χ1) is 31.4. The van der Waals surface area contributed by atoms with Crippen molar-refractivity contribution in [3.8, 4) is 5.75 Å². The number of rotatable bonds is 15. The lowest BCUT2D eigenvalue weighted by atomic mass is 10.0. The second-order valence-corrected chi connectivity index (χ2v) is 21.5. The van der Waals surface area contributed by atoms with Crippen molar-refractivity contribution >= 4 is 86.5 Å². The van der Waals surface area contributed by atoms with Gasteiger partial charge in [0.15, 0.2) is 23.6 Å². The van der Waals surface area contributed by atoms with E-state index in [2.05, 4.69) is 25.3 Å². The summed E-state index contributed by atoms with van der Waals surface area (Å²) >= 11 is 8.85. The van der Waals surface area contributed by atoms with Gasteiger partial charge in [-0.15, -0.1) is 11.8 Å². The molecule has 2 N–H and O–H groups in total. The lowest BCUT2D eigenvalue weighted by Gasteiger charge is -2.49. The fourth-order valence-corrected chi connectivity index (χ4v) is 9.24. The minimum Gasteiger partial charge on any atom is -0.497 e. The molecule has 18 nitrogen and oxygen atoms in total. The van der Waals surface area contributed by atoms with Crippen LogP contribution in [0.2, 0.25) is 4.34 Å². The summed E-state index contributed by atoms with van der Waals surface area (Å²) in [6.45, 7) is 17.1. The van der Waals surface area contributed by atoms with E-state index in [1.54, 1.807) is 84.9 Å². The van der Waals surface area contributed by atoms with Crippen molar-refractivity contribution in [2.24, 2.45) is 5.16 Å². The van der Waals surface area contributed by atoms with Crippen molar-refractivity contribution in [3.63, 3.8) is 0 Å². The van der Waals surface area contributed by atoms with E-state index in [4.69, 9.17) is 35.4 Å². The van der Waals surface area contributed by atoms with E-state index in [0.717, 1.165) is 22.4 Å². The molecule has 21 heteroatoms. The number of ether oxygens (including phenoxy) is 4. The highest BCUT2D eigenvalue weighted by molar-refractivity contribution is 8.00. The van der Waals surface area contributed by atoms with Crippen LogP contribution in [0.15, 0.2) is 71.3 Å². The lowest BCUT2D eigenvalue weighted by molar-refractivity contribution is -0.663. The minimum absolute atomic E-state index is 0.0224. The predicted molar refractivity (Wildman–Crippen MR) is 255 cm³/mol. The number of nitrogens with one attached hydrogen (secondary N) is 2. The van der Waals surface area contributed by atoms with Crippen LogP contribution >= 0.6 is 34.7 Å². The van der Waals surface area contributed by atoms with Gasteiger partial charge in [-0.05, 0) is 92.5 Å². The Morgan fingerprint density at radius 3 is 2.34 bits per heavy atom. The molecule has 2 unspecified atom stereocenters. The number of aryl methyl sites for hydroxylation is 1. The number of thiazole rings is 1. The lowest BCUT2D eigenvalue weighted by Crippen LogP contribution is -2.71. The number of carbonyl (C=O) groups excluding carboxylic acids is 5. The Labute approximate surface area is 402 Å². The first-order valence-corrected chi connectivity index (χ1v) is 23.8. The Bertz CT molecular complexity index is 2570. The van der Waals surface area contributed by atoms with Gasteiger partial charge in [0.25, 0.3) is 11.8 Å². The molecule has 0 bridgehead atoms. The fraction of sp³-hybridized carbons (Fsp3) is 0.478. The summed E-state index contributed by atoms with van der Waals surface area (Å²) in [7, 11) is 3.28. The number of hydrogen-bond donors (Lipinski definition) is 2. The average Bonchev–Trinajstić information content (AvgIpc) is 3.82. The standard InChI is InChI=1S/C46H57ClN8O10S2/c1-44(2,3)63-42(59)50-41-49-32(36(47)67-41)33(51-65-46(7,8)9)37(56)48-34-38(57)55-35(40(58)62-25-27-15-17-29(61-11)18-16-27)28(26-66-39(34)55)24-54-21-12-14-30-31(54)19-23-53(30)22-13-20-52(10)43(60)64-45(4,5)6/h12,14-19,21,23,34,39H,13,20,22,24-26H2,1-11H3,(H-,48,49,50,56,59)/p+1/b51-33-. The molecule has 3 aromatic heterocycles. The van der Waals surface area contributed by atoms with Crippen LogP contribution in [0.5, 0.6) is 5.75 Å². The van der Waals surface area contributed by atoms with E-state index in [-0.39, 0.29) is 45.8 Å². The van der Waals surface area contributed by atoms with Crippen LogP contribution in [0.3, 0.4) is 0 Å². The maximum Gasteiger partial charge on any atom is 0.413 e. The molecule has 0 spiro atoms. The second kappa shape index (κ2) is 20.6. The molecule has 5 heterocycles. The molecule has 2 aliphatic heterocycles. The van der Waals surface area contributed by atoms with Gasteiger partial charge in [-0.2, -0.15) is 4.57 Å². The first kappa shape index (κ1) is 50.6. The van der Waals surface area contributed by atoms with Gasteiger partial charge >= 0.3 is 18.2 Å². The van der Waals surface area contributed by atoms with Crippen LogP contribution < -0.4 is 19.9 Å². The third kappa shape index (κ3) is 13.0. The van der Waals surface area contributed by atoms with Crippen LogP contribution in [-0.2, 0) is 53.1 Å². The van der Waals surface area contributed by atoms with Crippen LogP contribution in [0.4, 0.5) is 14.7 Å². The predicted octanol–water partition coefficient (Wildman–Crippen LogP) is 7.27. The number of amides is 4. The first-order valence-electron chi connectivity index (χ1n) is 21.5. The monoisotopic (exact) mass is 981 g/mol. The summed E-state index contributed by atoms with van der Waals surface area (Å²) in [5.74, 6) is -1.10. The number of anilines is 1. The van der Waals surface area contributed by atoms with E-state index < -0.39 is 52.1 Å². The van der Waals surface area contributed by atoms with Crippen LogP contribution in [0, 0.1) is 0 Å². The van der Waals surface area contributed by atoms with E-state index in [0.29, 0.717) is 42.1 Å². The zero-order valence-electron chi connectivity index (χ0n) is 39.6. The molecule has 2 atom stereocenters. The largest absolute Gasteiger partial charge is 0.497 e. The molecule has 0 saturated carbocycles. The molecular weight excluding hydrogens is 924 g/mol. The smallest absolute Gasteiger partial charge is 0.413 e. The summed E-state index contributed by atoms with van der Waals surface area (Å²) in [6.07, 6.45) is 3.41. The molecule has 2 aliphatic rings. The number of thioether (sulfide) groups is 1. The number of fused-ring (bicyclic) bond motifs is 2. The number of benzene rings is 1. The Kier molecular flexibility index (Phi) is 15.5. The number of nitrogens with zero attached hydrogens (tertiary/aromatic N) is 6. The highest BCUT2D eigenvalue weighted by Crippen LogP contribution is 2.41. The fourth-order valence-electron chi connectivity index (χ4n) is 6.87. The van der Waals surface area contributed by atoms with Gasteiger partial charge in [-0.25, -0.2) is 19.4 Å². The Hall–Kier alpha value is -5.86. The van der Waals surface area contributed by atoms with Gasteiger partial charge in [0.1, 0.15) is 61.8 Å². The maximum atomic E-state index is 14.3. The third-order valence-corrected chi connectivity index (χ3v) is 12.4. The molecule has 0 aliphatic carbocycles. The average molecular weight is 983 g/mol. The van der Waals surface area contributed by atoms with Gasteiger partial charge in [-0.3, -0.25) is 19.8 Å². The van der Waals surface area contributed by atoms with E-state index in [1.807, 2.05) is 55.9 Å². The number of oxime groups is 1. The number of hydrogen-bond acceptors (Lipinski definition) is 14. The van der Waals surface area contributed by atoms with Crippen LogP contribution in [0.25, 0.3) is 11.0 Å². The second-order valence-electron chi connectivity index (χ2n) is 18.8. The van der Waals surface area contributed by atoms with Gasteiger partial charge < -0.3 is 38.6 Å². The molecule has 360 valence electrons.